The molecule has 3 rings (SSSR count). The molecule has 1 saturated heterocycles. The van der Waals surface area contributed by atoms with Gasteiger partial charge in [-0.1, -0.05) is 25.1 Å². The van der Waals surface area contributed by atoms with Gasteiger partial charge in [0, 0.05) is 30.2 Å². The van der Waals surface area contributed by atoms with Gasteiger partial charge in [0.2, 0.25) is 11.8 Å². The van der Waals surface area contributed by atoms with E-state index in [0.29, 0.717) is 24.6 Å². The largest absolute Gasteiger partial charge is 0.339 e. The normalized spacial score (nSPS) is 18.3. The van der Waals surface area contributed by atoms with Crippen LogP contribution in [0.3, 0.4) is 0 Å². The van der Waals surface area contributed by atoms with Crippen LogP contribution in [0.25, 0.3) is 0 Å². The van der Waals surface area contributed by atoms with Crippen molar-refractivity contribution in [3.8, 4) is 0 Å². The summed E-state index contributed by atoms with van der Waals surface area (Å²) in [5, 5.41) is 6.01. The minimum Gasteiger partial charge on any atom is -0.339 e. The highest BCUT2D eigenvalue weighted by Crippen LogP contribution is 2.34. The minimum absolute atomic E-state index is 0.181. The van der Waals surface area contributed by atoms with Crippen LogP contribution in [0.5, 0.6) is 0 Å². The Bertz CT molecular complexity index is 621. The Balaban J connectivity index is 1.59. The quantitative estimate of drug-likeness (QED) is 0.845. The maximum absolute atomic E-state index is 12.5. The fourth-order valence-corrected chi connectivity index (χ4v) is 3.68. The number of thiophene rings is 1. The monoisotopic (exact) mass is 319 g/mol. The van der Waals surface area contributed by atoms with Crippen LogP contribution in [0.2, 0.25) is 0 Å². The molecule has 0 aromatic carbocycles. The number of amides is 1. The van der Waals surface area contributed by atoms with Gasteiger partial charge in [0.25, 0.3) is 0 Å². The number of aryl methyl sites for hydroxylation is 1. The summed E-state index contributed by atoms with van der Waals surface area (Å²) in [6.07, 6.45) is 3.09. The van der Waals surface area contributed by atoms with Crippen LogP contribution in [0, 0.1) is 0 Å². The predicted molar refractivity (Wildman–Crippen MR) is 84.7 cm³/mol. The smallest absolute Gasteiger partial charge is 0.227 e. The molecule has 1 aliphatic heterocycles. The van der Waals surface area contributed by atoms with Crippen LogP contribution in [-0.2, 0) is 11.2 Å². The zero-order chi connectivity index (χ0) is 15.5. The Morgan fingerprint density at radius 1 is 1.55 bits per heavy atom. The van der Waals surface area contributed by atoms with Crippen LogP contribution < -0.4 is 0 Å². The Kier molecular flexibility index (Phi) is 4.57. The third-order valence-corrected chi connectivity index (χ3v) is 4.97. The first-order valence-electron chi connectivity index (χ1n) is 7.80. The van der Waals surface area contributed by atoms with E-state index in [1.54, 1.807) is 11.3 Å². The van der Waals surface area contributed by atoms with Crippen LogP contribution >= 0.6 is 11.3 Å². The van der Waals surface area contributed by atoms with E-state index >= 15 is 0 Å². The summed E-state index contributed by atoms with van der Waals surface area (Å²) in [7, 11) is 0. The molecule has 22 heavy (non-hydrogen) atoms. The Hall–Kier alpha value is -1.69. The number of nitrogens with zero attached hydrogens (tertiary/aromatic N) is 3. The second-order valence-electron chi connectivity index (χ2n) is 5.96. The Morgan fingerprint density at radius 2 is 2.41 bits per heavy atom. The molecular formula is C16H21N3O2S. The molecule has 5 nitrogen and oxygen atoms in total. The fourth-order valence-electron chi connectivity index (χ4n) is 2.80. The van der Waals surface area contributed by atoms with Gasteiger partial charge in [0.15, 0.2) is 5.82 Å². The molecule has 0 N–H and O–H groups in total. The average molecular weight is 319 g/mol. The molecule has 0 radical (unpaired) electrons. The number of aromatic nitrogens is 2. The number of carbonyl (C=O) groups is 1. The van der Waals surface area contributed by atoms with Crippen LogP contribution in [0.4, 0.5) is 0 Å². The molecule has 1 amide bonds. The van der Waals surface area contributed by atoms with E-state index in [-0.39, 0.29) is 17.9 Å². The molecular weight excluding hydrogens is 298 g/mol. The molecule has 2 aromatic rings. The van der Waals surface area contributed by atoms with Crippen molar-refractivity contribution in [2.75, 3.05) is 6.54 Å². The summed E-state index contributed by atoms with van der Waals surface area (Å²) in [6, 6.07) is 4.42. The van der Waals surface area contributed by atoms with Crippen molar-refractivity contribution in [1.29, 1.82) is 0 Å². The maximum Gasteiger partial charge on any atom is 0.227 e. The van der Waals surface area contributed by atoms with E-state index in [9.17, 15) is 4.79 Å². The zero-order valence-electron chi connectivity index (χ0n) is 13.0. The van der Waals surface area contributed by atoms with E-state index in [0.717, 1.165) is 19.4 Å². The molecule has 2 aromatic heterocycles. The van der Waals surface area contributed by atoms with Crippen LogP contribution in [-0.4, -0.2) is 27.5 Å². The fraction of sp³-hybridized carbons (Fsp3) is 0.562. The zero-order valence-corrected chi connectivity index (χ0v) is 13.8. The molecule has 3 heterocycles. The number of rotatable bonds is 5. The lowest BCUT2D eigenvalue weighted by Crippen LogP contribution is -2.30. The molecule has 0 unspecified atom stereocenters. The van der Waals surface area contributed by atoms with Gasteiger partial charge in [-0.3, -0.25) is 4.79 Å². The maximum atomic E-state index is 12.5. The van der Waals surface area contributed by atoms with Crippen molar-refractivity contribution in [3.05, 3.63) is 34.1 Å². The molecule has 0 aliphatic carbocycles. The first-order valence-corrected chi connectivity index (χ1v) is 8.68. The predicted octanol–water partition coefficient (Wildman–Crippen LogP) is 3.55. The molecule has 1 atom stereocenters. The minimum atomic E-state index is 0.181. The van der Waals surface area contributed by atoms with Crippen LogP contribution in [0.15, 0.2) is 22.0 Å². The molecule has 0 spiro atoms. The lowest BCUT2D eigenvalue weighted by molar-refractivity contribution is -0.132. The molecule has 6 heteroatoms. The highest BCUT2D eigenvalue weighted by Gasteiger charge is 2.30. The van der Waals surface area contributed by atoms with Gasteiger partial charge in [-0.05, 0) is 24.3 Å². The third-order valence-electron chi connectivity index (χ3n) is 4.00. The Labute approximate surface area is 134 Å². The van der Waals surface area contributed by atoms with Gasteiger partial charge in [0.05, 0.1) is 6.04 Å². The molecule has 0 bridgehead atoms. The van der Waals surface area contributed by atoms with E-state index in [1.807, 2.05) is 24.8 Å². The summed E-state index contributed by atoms with van der Waals surface area (Å²) in [5.74, 6) is 1.69. The van der Waals surface area contributed by atoms with Crippen molar-refractivity contribution < 1.29 is 9.32 Å². The molecule has 1 fully saturated rings. The summed E-state index contributed by atoms with van der Waals surface area (Å²) in [4.78, 5) is 20.1. The molecule has 118 valence electrons. The topological polar surface area (TPSA) is 59.2 Å². The molecule has 0 saturated carbocycles. The number of likely N-dealkylation sites (tertiary alicyclic amines) is 1. The van der Waals surface area contributed by atoms with Crippen molar-refractivity contribution >= 4 is 17.2 Å². The van der Waals surface area contributed by atoms with Crippen molar-refractivity contribution in [1.82, 2.24) is 15.0 Å². The van der Waals surface area contributed by atoms with Gasteiger partial charge in [-0.15, -0.1) is 11.3 Å². The SMILES string of the molecule is CC(C)c1noc(CCC(=O)N2CCC[C@H]2c2cccs2)n1. The average Bonchev–Trinajstić information content (AvgIpc) is 3.23. The van der Waals surface area contributed by atoms with E-state index < -0.39 is 0 Å². The second-order valence-corrected chi connectivity index (χ2v) is 6.94. The van der Waals surface area contributed by atoms with Crippen LogP contribution in [0.1, 0.15) is 61.7 Å². The van der Waals surface area contributed by atoms with E-state index in [1.165, 1.54) is 4.88 Å². The second kappa shape index (κ2) is 6.60. The number of hydrogen-bond donors (Lipinski definition) is 0. The number of carbonyl (C=O) groups excluding carboxylic acids is 1. The van der Waals surface area contributed by atoms with Crippen molar-refractivity contribution in [2.24, 2.45) is 0 Å². The Morgan fingerprint density at radius 3 is 3.09 bits per heavy atom. The lowest BCUT2D eigenvalue weighted by atomic mass is 10.1. The van der Waals surface area contributed by atoms with E-state index in [2.05, 4.69) is 21.6 Å². The van der Waals surface area contributed by atoms with E-state index in [4.69, 9.17) is 4.52 Å². The van der Waals surface area contributed by atoms with Gasteiger partial charge in [-0.2, -0.15) is 4.98 Å². The summed E-state index contributed by atoms with van der Waals surface area (Å²) in [5.41, 5.74) is 0. The van der Waals surface area contributed by atoms with Gasteiger partial charge >= 0.3 is 0 Å². The van der Waals surface area contributed by atoms with Crippen molar-refractivity contribution in [2.45, 2.75) is 51.5 Å². The van der Waals surface area contributed by atoms with Gasteiger partial charge in [0.1, 0.15) is 0 Å². The standard InChI is InChI=1S/C16H21N3O2S/c1-11(2)16-17-14(21-18-16)7-8-15(20)19-9-3-5-12(19)13-6-4-10-22-13/h4,6,10-12H,3,5,7-9H2,1-2H3/t12-/m0/s1. The first kappa shape index (κ1) is 15.2. The first-order chi connectivity index (χ1) is 10.6. The van der Waals surface area contributed by atoms with Crippen molar-refractivity contribution in [3.63, 3.8) is 0 Å². The lowest BCUT2D eigenvalue weighted by Gasteiger charge is -2.23. The summed E-state index contributed by atoms with van der Waals surface area (Å²) in [6.45, 7) is 4.90. The highest BCUT2D eigenvalue weighted by atomic mass is 32.1. The highest BCUT2D eigenvalue weighted by molar-refractivity contribution is 7.10. The summed E-state index contributed by atoms with van der Waals surface area (Å²) < 4.78 is 5.21. The third kappa shape index (κ3) is 3.21. The molecule has 1 aliphatic rings. The summed E-state index contributed by atoms with van der Waals surface area (Å²) >= 11 is 1.73. The van der Waals surface area contributed by atoms with Gasteiger partial charge < -0.3 is 9.42 Å². The van der Waals surface area contributed by atoms with Gasteiger partial charge in [-0.25, -0.2) is 0 Å². The number of hydrogen-bond acceptors (Lipinski definition) is 5.